The van der Waals surface area contributed by atoms with Gasteiger partial charge < -0.3 is 8.98 Å². The van der Waals surface area contributed by atoms with Crippen molar-refractivity contribution in [2.75, 3.05) is 0 Å². The molecular formula is C50H30N4O. The summed E-state index contributed by atoms with van der Waals surface area (Å²) >= 11 is 0. The number of fused-ring (bicyclic) bond motifs is 12. The first-order valence-electron chi connectivity index (χ1n) is 18.6. The lowest BCUT2D eigenvalue weighted by atomic mass is 10.0. The summed E-state index contributed by atoms with van der Waals surface area (Å²) in [4.78, 5) is 10.6. The van der Waals surface area contributed by atoms with Gasteiger partial charge in [0.2, 0.25) is 5.95 Å². The van der Waals surface area contributed by atoms with E-state index in [0.29, 0.717) is 5.95 Å². The molecule has 55 heavy (non-hydrogen) atoms. The molecule has 0 aliphatic heterocycles. The molecule has 12 aromatic rings. The van der Waals surface area contributed by atoms with Gasteiger partial charge in [0.1, 0.15) is 11.2 Å². The molecular weight excluding hydrogens is 673 g/mol. The highest BCUT2D eigenvalue weighted by Gasteiger charge is 2.25. The molecule has 0 N–H and O–H groups in total. The topological polar surface area (TPSA) is 48.8 Å². The zero-order valence-corrected chi connectivity index (χ0v) is 29.5. The molecule has 4 aromatic heterocycles. The van der Waals surface area contributed by atoms with Gasteiger partial charge in [-0.1, -0.05) is 127 Å². The molecule has 0 saturated carbocycles. The van der Waals surface area contributed by atoms with Gasteiger partial charge in [-0.2, -0.15) is 0 Å². The lowest BCUT2D eigenvalue weighted by molar-refractivity contribution is 0.669. The number of aromatic nitrogens is 4. The maximum absolute atomic E-state index is 6.51. The molecule has 0 unspecified atom stereocenters. The Bertz CT molecular complexity index is 3480. The Morgan fingerprint density at radius 3 is 1.87 bits per heavy atom. The van der Waals surface area contributed by atoms with Crippen LogP contribution in [0.5, 0.6) is 0 Å². The summed E-state index contributed by atoms with van der Waals surface area (Å²) in [5.74, 6) is 0.644. The van der Waals surface area contributed by atoms with E-state index in [4.69, 9.17) is 14.4 Å². The Morgan fingerprint density at radius 2 is 1.04 bits per heavy atom. The largest absolute Gasteiger partial charge is 0.456 e. The molecule has 0 aliphatic carbocycles. The Hall–Kier alpha value is -7.50. The van der Waals surface area contributed by atoms with E-state index in [9.17, 15) is 0 Å². The zero-order chi connectivity index (χ0) is 36.0. The number of furan rings is 1. The van der Waals surface area contributed by atoms with Crippen LogP contribution in [0.3, 0.4) is 0 Å². The summed E-state index contributed by atoms with van der Waals surface area (Å²) in [6.07, 6.45) is 0. The number of hydrogen-bond acceptors (Lipinski definition) is 3. The summed E-state index contributed by atoms with van der Waals surface area (Å²) in [5.41, 5.74) is 12.4. The van der Waals surface area contributed by atoms with Crippen molar-refractivity contribution in [2.24, 2.45) is 0 Å². The van der Waals surface area contributed by atoms with Crippen molar-refractivity contribution >= 4 is 76.5 Å². The van der Waals surface area contributed by atoms with E-state index >= 15 is 0 Å². The summed E-state index contributed by atoms with van der Waals surface area (Å²) < 4.78 is 11.2. The molecule has 0 fully saturated rings. The summed E-state index contributed by atoms with van der Waals surface area (Å²) in [6.45, 7) is 0. The van der Waals surface area contributed by atoms with Crippen LogP contribution in [-0.4, -0.2) is 19.1 Å². The highest BCUT2D eigenvalue weighted by atomic mass is 16.3. The van der Waals surface area contributed by atoms with Gasteiger partial charge >= 0.3 is 0 Å². The van der Waals surface area contributed by atoms with Crippen LogP contribution in [0.4, 0.5) is 0 Å². The van der Waals surface area contributed by atoms with Crippen LogP contribution in [0, 0.1) is 0 Å². The van der Waals surface area contributed by atoms with E-state index in [1.54, 1.807) is 0 Å². The number of hydrogen-bond donors (Lipinski definition) is 0. The van der Waals surface area contributed by atoms with Crippen molar-refractivity contribution in [3.63, 3.8) is 0 Å². The molecule has 256 valence electrons. The van der Waals surface area contributed by atoms with Crippen molar-refractivity contribution < 1.29 is 4.42 Å². The number of para-hydroxylation sites is 3. The molecule has 0 saturated heterocycles. The van der Waals surface area contributed by atoms with Crippen LogP contribution < -0.4 is 0 Å². The van der Waals surface area contributed by atoms with Gasteiger partial charge in [-0.25, -0.2) is 9.97 Å². The minimum Gasteiger partial charge on any atom is -0.456 e. The summed E-state index contributed by atoms with van der Waals surface area (Å²) in [6, 6.07) is 64.1. The second-order valence-corrected chi connectivity index (χ2v) is 14.1. The van der Waals surface area contributed by atoms with Crippen LogP contribution in [-0.2, 0) is 0 Å². The lowest BCUT2D eigenvalue weighted by Crippen LogP contribution is -2.03. The summed E-state index contributed by atoms with van der Waals surface area (Å²) in [7, 11) is 0. The van der Waals surface area contributed by atoms with Crippen molar-refractivity contribution in [1.29, 1.82) is 0 Å². The Morgan fingerprint density at radius 1 is 0.382 bits per heavy atom. The molecule has 4 heterocycles. The smallest absolute Gasteiger partial charge is 0.235 e. The standard InChI is InChI=1S/C50H30N4O/c1-3-14-31(15-4-1)33-18-13-19-34(30-33)53-41-27-28-42-45(46(41)38-26-29-44-47(49(38)53)37-22-9-12-25-43(37)55-44)36-21-8-11-24-40(36)54(42)50-51-39-23-10-7-20-35(39)48(52-50)32-16-5-2-6-17-32/h1-30H. The maximum Gasteiger partial charge on any atom is 0.235 e. The Labute approximate surface area is 315 Å². The van der Waals surface area contributed by atoms with Crippen molar-refractivity contribution in [3.05, 3.63) is 182 Å². The Kier molecular flexibility index (Phi) is 6.27. The highest BCUT2D eigenvalue weighted by molar-refractivity contribution is 6.33. The van der Waals surface area contributed by atoms with Gasteiger partial charge in [0.05, 0.1) is 38.7 Å². The van der Waals surface area contributed by atoms with Crippen molar-refractivity contribution in [1.82, 2.24) is 19.1 Å². The molecule has 0 atom stereocenters. The number of benzene rings is 8. The minimum atomic E-state index is 0.644. The van der Waals surface area contributed by atoms with E-state index in [1.165, 1.54) is 16.3 Å². The first-order chi connectivity index (χ1) is 27.3. The fourth-order valence-corrected chi connectivity index (χ4v) is 8.78. The third-order valence-electron chi connectivity index (χ3n) is 11.1. The second-order valence-electron chi connectivity index (χ2n) is 14.1. The Balaban J connectivity index is 1.24. The van der Waals surface area contributed by atoms with Crippen LogP contribution in [0.25, 0.3) is 110 Å². The van der Waals surface area contributed by atoms with E-state index in [1.807, 2.05) is 18.2 Å². The number of rotatable bonds is 4. The van der Waals surface area contributed by atoms with Crippen molar-refractivity contribution in [2.45, 2.75) is 0 Å². The maximum atomic E-state index is 6.51. The molecule has 5 heteroatoms. The minimum absolute atomic E-state index is 0.644. The van der Waals surface area contributed by atoms with Gasteiger partial charge in [-0.15, -0.1) is 0 Å². The van der Waals surface area contributed by atoms with E-state index < -0.39 is 0 Å². The van der Waals surface area contributed by atoms with Gasteiger partial charge in [0, 0.05) is 43.6 Å². The molecule has 0 aliphatic rings. The SMILES string of the molecule is c1ccc(-c2cccc(-n3c4ccc5c(c6ccccc6n5-c5nc(-c6ccccc6)c6ccccc6n5)c4c4ccc5oc6ccccc6c5c43)c2)cc1. The highest BCUT2D eigenvalue weighted by Crippen LogP contribution is 2.46. The van der Waals surface area contributed by atoms with Gasteiger partial charge in [-0.05, 0) is 65.7 Å². The van der Waals surface area contributed by atoms with Crippen molar-refractivity contribution in [3.8, 4) is 34.0 Å². The van der Waals surface area contributed by atoms with E-state index in [-0.39, 0.29) is 0 Å². The first-order valence-corrected chi connectivity index (χ1v) is 18.6. The van der Waals surface area contributed by atoms with Gasteiger partial charge in [-0.3, -0.25) is 4.57 Å². The average molecular weight is 703 g/mol. The molecule has 5 nitrogen and oxygen atoms in total. The van der Waals surface area contributed by atoms with Crippen LogP contribution in [0.2, 0.25) is 0 Å². The lowest BCUT2D eigenvalue weighted by Gasteiger charge is -2.12. The zero-order valence-electron chi connectivity index (χ0n) is 29.5. The van der Waals surface area contributed by atoms with E-state index in [0.717, 1.165) is 88.2 Å². The van der Waals surface area contributed by atoms with Gasteiger partial charge in [0.15, 0.2) is 0 Å². The van der Waals surface area contributed by atoms with Crippen LogP contribution >= 0.6 is 0 Å². The molecule has 0 amide bonds. The monoisotopic (exact) mass is 702 g/mol. The normalized spacial score (nSPS) is 12.0. The van der Waals surface area contributed by atoms with Crippen LogP contribution in [0.1, 0.15) is 0 Å². The first kappa shape index (κ1) is 30.0. The quantitative estimate of drug-likeness (QED) is 0.183. The molecule has 0 radical (unpaired) electrons. The third-order valence-corrected chi connectivity index (χ3v) is 11.1. The second kappa shape index (κ2) is 11.5. The van der Waals surface area contributed by atoms with E-state index in [2.05, 4.69) is 173 Å². The fourth-order valence-electron chi connectivity index (χ4n) is 8.78. The molecule has 0 bridgehead atoms. The predicted octanol–water partition coefficient (Wildman–Crippen LogP) is 13.1. The number of nitrogens with zero attached hydrogens (tertiary/aromatic N) is 4. The summed E-state index contributed by atoms with van der Waals surface area (Å²) in [5, 5.41) is 7.90. The van der Waals surface area contributed by atoms with Crippen LogP contribution in [0.15, 0.2) is 186 Å². The van der Waals surface area contributed by atoms with Gasteiger partial charge in [0.25, 0.3) is 0 Å². The molecule has 8 aromatic carbocycles. The predicted molar refractivity (Wildman–Crippen MR) is 226 cm³/mol. The fraction of sp³-hybridized carbons (Fsp3) is 0. The molecule has 0 spiro atoms. The average Bonchev–Trinajstić information content (AvgIpc) is 3.91. The third kappa shape index (κ3) is 4.35. The molecule has 12 rings (SSSR count).